The Labute approximate surface area is 231 Å². The van der Waals surface area contributed by atoms with Crippen molar-refractivity contribution in [3.05, 3.63) is 63.5 Å². The van der Waals surface area contributed by atoms with Gasteiger partial charge >= 0.3 is 5.56 Å². The lowest BCUT2D eigenvalue weighted by Crippen LogP contribution is -2.44. The van der Waals surface area contributed by atoms with Crippen LogP contribution in [0.4, 0.5) is 24.5 Å². The number of nitriles is 1. The highest BCUT2D eigenvalue weighted by Gasteiger charge is 2.51. The van der Waals surface area contributed by atoms with Gasteiger partial charge in [-0.15, -0.1) is 0 Å². The van der Waals surface area contributed by atoms with Gasteiger partial charge in [-0.3, -0.25) is 23.7 Å². The van der Waals surface area contributed by atoms with E-state index in [1.54, 1.807) is 13.0 Å². The van der Waals surface area contributed by atoms with Gasteiger partial charge in [-0.2, -0.15) is 5.26 Å². The molecule has 0 spiro atoms. The van der Waals surface area contributed by atoms with Gasteiger partial charge in [0.25, 0.3) is 17.7 Å². The number of aryl methyl sites for hydroxylation is 1. The fourth-order valence-electron chi connectivity index (χ4n) is 4.45. The number of hydrogen-bond acceptors (Lipinski definition) is 7. The summed E-state index contributed by atoms with van der Waals surface area (Å²) in [5, 5.41) is 9.09. The molecule has 4 rings (SSSR count). The third kappa shape index (κ3) is 4.62. The van der Waals surface area contributed by atoms with E-state index < -0.39 is 46.8 Å². The molecule has 1 aromatic carbocycles. The number of thiocarbonyl (C=S) groups is 1. The van der Waals surface area contributed by atoms with Crippen LogP contribution in [-0.2, 0) is 21.9 Å². The molecular weight excluding hydrogens is 549 g/mol. The van der Waals surface area contributed by atoms with E-state index in [0.717, 1.165) is 27.5 Å². The summed E-state index contributed by atoms with van der Waals surface area (Å²) >= 11 is 5.56. The zero-order chi connectivity index (χ0) is 29.7. The number of hydrogen-bond donors (Lipinski definition) is 1. The maximum absolute atomic E-state index is 15.4. The van der Waals surface area contributed by atoms with Gasteiger partial charge in [0.1, 0.15) is 5.54 Å². The Morgan fingerprint density at radius 1 is 1.25 bits per heavy atom. The second-order valence-corrected chi connectivity index (χ2v) is 9.95. The second-order valence-electron chi connectivity index (χ2n) is 9.59. The number of alkyl halides is 2. The minimum Gasteiger partial charge on any atom is -0.476 e. The average Bonchev–Trinajstić information content (AvgIpc) is 3.05. The molecule has 208 valence electrons. The van der Waals surface area contributed by atoms with Crippen molar-refractivity contribution in [2.45, 2.75) is 45.6 Å². The number of aromatic nitrogens is 2. The van der Waals surface area contributed by atoms with E-state index in [2.05, 4.69) is 4.98 Å². The van der Waals surface area contributed by atoms with Crippen molar-refractivity contribution in [3.63, 3.8) is 0 Å². The molecule has 0 bridgehead atoms. The molecule has 1 fully saturated rings. The summed E-state index contributed by atoms with van der Waals surface area (Å²) < 4.78 is 50.0. The number of rotatable bonds is 7. The van der Waals surface area contributed by atoms with Crippen LogP contribution in [0, 0.1) is 17.1 Å². The van der Waals surface area contributed by atoms with Gasteiger partial charge in [0.05, 0.1) is 28.7 Å². The summed E-state index contributed by atoms with van der Waals surface area (Å²) in [5.41, 5.74) is 1.74. The summed E-state index contributed by atoms with van der Waals surface area (Å²) in [5.74, 6) is -6.04. The molecule has 0 aliphatic carbocycles. The number of benzene rings is 1. The number of ether oxygens (including phenoxy) is 1. The predicted molar refractivity (Wildman–Crippen MR) is 143 cm³/mol. The van der Waals surface area contributed by atoms with Gasteiger partial charge in [0, 0.05) is 24.8 Å². The molecule has 3 heterocycles. The van der Waals surface area contributed by atoms with E-state index in [-0.39, 0.29) is 45.6 Å². The van der Waals surface area contributed by atoms with Crippen LogP contribution in [0.5, 0.6) is 5.75 Å². The second kappa shape index (κ2) is 9.91. The zero-order valence-electron chi connectivity index (χ0n) is 21.8. The van der Waals surface area contributed by atoms with Crippen molar-refractivity contribution >= 4 is 46.2 Å². The van der Waals surface area contributed by atoms with Crippen LogP contribution >= 0.6 is 12.2 Å². The Hall–Kier alpha value is -4.51. The molecule has 0 saturated carbocycles. The molecule has 1 saturated heterocycles. The lowest BCUT2D eigenvalue weighted by Gasteiger charge is -2.29. The van der Waals surface area contributed by atoms with Crippen molar-refractivity contribution in [1.29, 1.82) is 5.26 Å². The molecule has 0 radical (unpaired) electrons. The van der Waals surface area contributed by atoms with Crippen LogP contribution in [-0.4, -0.2) is 38.5 Å². The standard InChI is InChI=1S/C26H23F3N6O4S/c1-5-18-20(39-12-19(31)36)22(37)33-11-15(9-17(27)21(33)32-18)35-24(40)34(23(38)25(35,2)3)14-7-6-13(10-30)16(8-14)26(4,28)29/h6-9,11H,5,12H2,1-4H3,(H2,31,36). The number of fused-ring (bicyclic) bond motifs is 1. The van der Waals surface area contributed by atoms with Crippen molar-refractivity contribution < 1.29 is 27.5 Å². The van der Waals surface area contributed by atoms with Crippen molar-refractivity contribution in [3.8, 4) is 11.8 Å². The molecule has 14 heteroatoms. The van der Waals surface area contributed by atoms with Crippen LogP contribution in [0.25, 0.3) is 5.65 Å². The monoisotopic (exact) mass is 572 g/mol. The molecule has 2 amide bonds. The van der Waals surface area contributed by atoms with Gasteiger partial charge in [-0.25, -0.2) is 18.2 Å². The first-order valence-corrected chi connectivity index (χ1v) is 12.3. The highest BCUT2D eigenvalue weighted by atomic mass is 32.1. The Balaban J connectivity index is 1.87. The van der Waals surface area contributed by atoms with Crippen LogP contribution < -0.4 is 25.8 Å². The topological polar surface area (TPSA) is 134 Å². The molecular formula is C26H23F3N6O4S. The molecule has 2 aromatic heterocycles. The third-order valence-corrected chi connectivity index (χ3v) is 6.73. The third-order valence-electron chi connectivity index (χ3n) is 6.37. The normalized spacial score (nSPS) is 15.1. The molecule has 1 aliphatic rings. The number of halogens is 3. The lowest BCUT2D eigenvalue weighted by molar-refractivity contribution is -0.121. The first kappa shape index (κ1) is 28.5. The van der Waals surface area contributed by atoms with Gasteiger partial charge < -0.3 is 15.4 Å². The zero-order valence-corrected chi connectivity index (χ0v) is 22.6. The summed E-state index contributed by atoms with van der Waals surface area (Å²) in [4.78, 5) is 44.5. The highest BCUT2D eigenvalue weighted by Crippen LogP contribution is 2.39. The fraction of sp³-hybridized carbons (Fsp3) is 0.308. The van der Waals surface area contributed by atoms with Crippen LogP contribution in [0.15, 0.2) is 35.3 Å². The summed E-state index contributed by atoms with van der Waals surface area (Å²) in [6.45, 7) is 4.67. The molecule has 0 unspecified atom stereocenters. The number of primary amides is 1. The summed E-state index contributed by atoms with van der Waals surface area (Å²) in [7, 11) is 0. The first-order valence-electron chi connectivity index (χ1n) is 11.9. The van der Waals surface area contributed by atoms with Crippen molar-refractivity contribution in [1.82, 2.24) is 9.38 Å². The smallest absolute Gasteiger partial charge is 0.300 e. The van der Waals surface area contributed by atoms with Gasteiger partial charge in [-0.1, -0.05) is 6.92 Å². The number of amides is 2. The Kier molecular flexibility index (Phi) is 7.06. The quantitative estimate of drug-likeness (QED) is 0.427. The predicted octanol–water partition coefficient (Wildman–Crippen LogP) is 3.16. The number of nitrogens with zero attached hydrogens (tertiary/aromatic N) is 5. The van der Waals surface area contributed by atoms with E-state index in [0.29, 0.717) is 6.92 Å². The van der Waals surface area contributed by atoms with Crippen LogP contribution in [0.2, 0.25) is 0 Å². The number of anilines is 2. The van der Waals surface area contributed by atoms with Gasteiger partial charge in [0.2, 0.25) is 5.75 Å². The van der Waals surface area contributed by atoms with Crippen LogP contribution in [0.1, 0.15) is 44.5 Å². The summed E-state index contributed by atoms with van der Waals surface area (Å²) in [6, 6.07) is 6.22. The van der Waals surface area contributed by atoms with E-state index in [1.165, 1.54) is 31.0 Å². The van der Waals surface area contributed by atoms with Crippen molar-refractivity contribution in [2.75, 3.05) is 16.4 Å². The largest absolute Gasteiger partial charge is 0.476 e. The Bertz CT molecular complexity index is 1690. The molecule has 40 heavy (non-hydrogen) atoms. The Morgan fingerprint density at radius 3 is 2.50 bits per heavy atom. The minimum absolute atomic E-state index is 0.0143. The number of carbonyl (C=O) groups is 2. The fourth-order valence-corrected chi connectivity index (χ4v) is 4.97. The minimum atomic E-state index is -3.39. The molecule has 1 aliphatic heterocycles. The van der Waals surface area contributed by atoms with Gasteiger partial charge in [-0.05, 0) is 50.7 Å². The van der Waals surface area contributed by atoms with Gasteiger partial charge in [0.15, 0.2) is 23.2 Å². The van der Waals surface area contributed by atoms with E-state index >= 15 is 4.39 Å². The maximum Gasteiger partial charge on any atom is 0.300 e. The van der Waals surface area contributed by atoms with Crippen LogP contribution in [0.3, 0.4) is 0 Å². The van der Waals surface area contributed by atoms with E-state index in [9.17, 15) is 28.4 Å². The molecule has 10 nitrogen and oxygen atoms in total. The van der Waals surface area contributed by atoms with E-state index in [1.807, 2.05) is 0 Å². The molecule has 0 atom stereocenters. The first-order chi connectivity index (χ1) is 18.6. The Morgan fingerprint density at radius 2 is 1.93 bits per heavy atom. The average molecular weight is 573 g/mol. The number of nitrogens with two attached hydrogens (primary N) is 1. The number of pyridine rings is 1. The molecule has 3 aromatic rings. The lowest BCUT2D eigenvalue weighted by atomic mass is 10.0. The van der Waals surface area contributed by atoms with Crippen molar-refractivity contribution in [2.24, 2.45) is 5.73 Å². The number of carbonyl (C=O) groups excluding carboxylic acids is 2. The van der Waals surface area contributed by atoms with E-state index in [4.69, 9.17) is 22.7 Å². The summed E-state index contributed by atoms with van der Waals surface area (Å²) in [6.07, 6.45) is 1.40. The molecule has 2 N–H and O–H groups in total. The SMILES string of the molecule is CCc1nc2c(F)cc(N3C(=S)N(c4ccc(C#N)c(C(C)(F)F)c4)C(=O)C3(C)C)cn2c(=O)c1OCC(N)=O. The highest BCUT2D eigenvalue weighted by molar-refractivity contribution is 7.81. The maximum atomic E-state index is 15.4.